The Morgan fingerprint density at radius 3 is 2.19 bits per heavy atom. The molecular weight excluding hydrogens is 548 g/mol. The summed E-state index contributed by atoms with van der Waals surface area (Å²) in [6.07, 6.45) is -4.84. The molecule has 0 unspecified atom stereocenters. The zero-order valence-electron chi connectivity index (χ0n) is 18.3. The number of sulfone groups is 1. The van der Waals surface area contributed by atoms with Crippen LogP contribution in [0.3, 0.4) is 0 Å². The standard InChI is InChI=1S/C20H14F4N4O7S2/c1-35-17(30)19(20(22,23)24,26-16(29)11-2-4-12(21)5-3-11)27-18-25-10-15(36-18)37(33,34)14-8-6-13(7-9-14)28(31)32/h2-10H,1H3,(H,25,27)(H,26,29)/t19-/m1/s1. The number of rotatable bonds is 8. The molecule has 2 N–H and O–H groups in total. The van der Waals surface area contributed by atoms with Crippen LogP contribution in [-0.4, -0.2) is 49.2 Å². The second kappa shape index (κ2) is 10.1. The van der Waals surface area contributed by atoms with Crippen molar-refractivity contribution in [1.29, 1.82) is 0 Å². The number of non-ortho nitro benzene ring substituents is 1. The summed E-state index contributed by atoms with van der Waals surface area (Å²) in [4.78, 5) is 38.0. The van der Waals surface area contributed by atoms with Crippen LogP contribution in [0.5, 0.6) is 0 Å². The monoisotopic (exact) mass is 562 g/mol. The molecule has 1 aromatic heterocycles. The van der Waals surface area contributed by atoms with E-state index in [-0.39, 0.29) is 11.3 Å². The molecule has 0 saturated heterocycles. The molecule has 17 heteroatoms. The molecule has 1 atom stereocenters. The van der Waals surface area contributed by atoms with Gasteiger partial charge < -0.3 is 15.4 Å². The zero-order chi connectivity index (χ0) is 27.6. The lowest BCUT2D eigenvalue weighted by atomic mass is 10.1. The number of anilines is 1. The van der Waals surface area contributed by atoms with Gasteiger partial charge in [0.2, 0.25) is 9.84 Å². The topological polar surface area (TPSA) is 158 Å². The number of nitro benzene ring substituents is 1. The van der Waals surface area contributed by atoms with Gasteiger partial charge in [0.25, 0.3) is 11.6 Å². The van der Waals surface area contributed by atoms with Crippen molar-refractivity contribution >= 4 is 43.9 Å². The Labute approximate surface area is 209 Å². The number of hydrogen-bond donors (Lipinski definition) is 2. The van der Waals surface area contributed by atoms with Crippen molar-refractivity contribution in [2.75, 3.05) is 12.4 Å². The highest BCUT2D eigenvalue weighted by Crippen LogP contribution is 2.36. The summed E-state index contributed by atoms with van der Waals surface area (Å²) >= 11 is 0.188. The first kappa shape index (κ1) is 27.5. The van der Waals surface area contributed by atoms with Gasteiger partial charge in [0.15, 0.2) is 5.13 Å². The lowest BCUT2D eigenvalue weighted by molar-refractivity contribution is -0.384. The Bertz CT molecular complexity index is 1440. The first-order valence-electron chi connectivity index (χ1n) is 9.68. The smallest absolute Gasteiger partial charge is 0.442 e. The summed E-state index contributed by atoms with van der Waals surface area (Å²) in [6, 6.07) is 7.07. The molecule has 0 radical (unpaired) electrons. The Morgan fingerprint density at radius 1 is 1.08 bits per heavy atom. The van der Waals surface area contributed by atoms with Crippen molar-refractivity contribution in [2.45, 2.75) is 20.9 Å². The van der Waals surface area contributed by atoms with Gasteiger partial charge in [0.1, 0.15) is 10.0 Å². The first-order chi connectivity index (χ1) is 17.2. The third-order valence-corrected chi connectivity index (χ3v) is 7.87. The molecule has 0 aliphatic carbocycles. The molecule has 3 rings (SSSR count). The Balaban J connectivity index is 1.99. The molecule has 3 aromatic rings. The molecule has 0 bridgehead atoms. The molecule has 2 aromatic carbocycles. The van der Waals surface area contributed by atoms with Gasteiger partial charge in [-0.05, 0) is 36.4 Å². The summed E-state index contributed by atoms with van der Waals surface area (Å²) in [5.41, 5.74) is -4.74. The van der Waals surface area contributed by atoms with Gasteiger partial charge in [0, 0.05) is 17.7 Å². The number of nitrogens with one attached hydrogen (secondary N) is 2. The van der Waals surface area contributed by atoms with E-state index in [1.165, 1.54) is 5.32 Å². The van der Waals surface area contributed by atoms with Gasteiger partial charge in [-0.1, -0.05) is 11.3 Å². The number of nitro groups is 1. The largest absolute Gasteiger partial charge is 0.466 e. The fourth-order valence-corrected chi connectivity index (χ4v) is 5.34. The second-order valence-corrected chi connectivity index (χ2v) is 10.3. The molecule has 37 heavy (non-hydrogen) atoms. The zero-order valence-corrected chi connectivity index (χ0v) is 19.9. The highest BCUT2D eigenvalue weighted by Gasteiger charge is 2.64. The number of aromatic nitrogens is 1. The van der Waals surface area contributed by atoms with Gasteiger partial charge in [-0.2, -0.15) is 13.2 Å². The summed E-state index contributed by atoms with van der Waals surface area (Å²) < 4.78 is 85.1. The summed E-state index contributed by atoms with van der Waals surface area (Å²) in [6.45, 7) is 0. The maximum atomic E-state index is 14.2. The number of alkyl halides is 3. The number of nitrogens with zero attached hydrogens (tertiary/aromatic N) is 2. The normalized spacial score (nSPS) is 13.3. The van der Waals surface area contributed by atoms with E-state index >= 15 is 0 Å². The quantitative estimate of drug-likeness (QED) is 0.138. The van der Waals surface area contributed by atoms with Crippen molar-refractivity contribution in [2.24, 2.45) is 0 Å². The number of hydrogen-bond acceptors (Lipinski definition) is 10. The van der Waals surface area contributed by atoms with Gasteiger partial charge in [-0.15, -0.1) is 0 Å². The fourth-order valence-electron chi connectivity index (χ4n) is 2.85. The van der Waals surface area contributed by atoms with Crippen LogP contribution in [0.4, 0.5) is 28.4 Å². The van der Waals surface area contributed by atoms with Crippen LogP contribution >= 0.6 is 11.3 Å². The van der Waals surface area contributed by atoms with E-state index in [2.05, 4.69) is 9.72 Å². The lowest BCUT2D eigenvalue weighted by Gasteiger charge is -2.34. The van der Waals surface area contributed by atoms with E-state index in [0.717, 1.165) is 48.5 Å². The van der Waals surface area contributed by atoms with Crippen molar-refractivity contribution < 1.29 is 45.2 Å². The summed E-state index contributed by atoms with van der Waals surface area (Å²) in [5, 5.41) is 13.2. The average molecular weight is 562 g/mol. The molecule has 11 nitrogen and oxygen atoms in total. The fraction of sp³-hybridized carbons (Fsp3) is 0.150. The number of methoxy groups -OCH3 is 1. The van der Waals surface area contributed by atoms with Crippen molar-refractivity contribution in [3.63, 3.8) is 0 Å². The predicted octanol–water partition coefficient (Wildman–Crippen LogP) is 3.30. The SMILES string of the molecule is COC(=O)[C@@](NC(=O)c1ccc(F)cc1)(Nc1ncc(S(=O)(=O)c2ccc([N+](=O)[O-])cc2)s1)C(F)(F)F. The molecule has 1 heterocycles. The van der Waals surface area contributed by atoms with E-state index < -0.39 is 69.8 Å². The van der Waals surface area contributed by atoms with E-state index in [9.17, 15) is 45.7 Å². The third kappa shape index (κ3) is 5.51. The number of amides is 1. The molecule has 1 amide bonds. The van der Waals surface area contributed by atoms with Crippen LogP contribution in [0.15, 0.2) is 63.8 Å². The lowest BCUT2D eigenvalue weighted by Crippen LogP contribution is -2.69. The number of thiazole rings is 1. The number of halogens is 4. The molecule has 0 aliphatic heterocycles. The van der Waals surface area contributed by atoms with Gasteiger partial charge in [-0.25, -0.2) is 22.6 Å². The van der Waals surface area contributed by atoms with Crippen molar-refractivity contribution in [1.82, 2.24) is 10.3 Å². The summed E-state index contributed by atoms with van der Waals surface area (Å²) in [7, 11) is -3.75. The number of benzene rings is 2. The minimum absolute atomic E-state index is 0.188. The number of esters is 1. The predicted molar refractivity (Wildman–Crippen MR) is 119 cm³/mol. The van der Waals surface area contributed by atoms with E-state index in [0.29, 0.717) is 13.3 Å². The second-order valence-electron chi connectivity index (χ2n) is 7.06. The Kier molecular flexibility index (Phi) is 7.49. The van der Waals surface area contributed by atoms with E-state index in [4.69, 9.17) is 0 Å². The van der Waals surface area contributed by atoms with Crippen LogP contribution in [0, 0.1) is 15.9 Å². The molecule has 0 spiro atoms. The van der Waals surface area contributed by atoms with Gasteiger partial charge in [0.05, 0.1) is 23.1 Å². The number of carbonyl (C=O) groups is 2. The van der Waals surface area contributed by atoms with Crippen LogP contribution in [0.1, 0.15) is 10.4 Å². The molecule has 0 fully saturated rings. The Morgan fingerprint density at radius 2 is 1.68 bits per heavy atom. The highest BCUT2D eigenvalue weighted by atomic mass is 32.2. The van der Waals surface area contributed by atoms with E-state index in [1.807, 2.05) is 0 Å². The number of ether oxygens (including phenoxy) is 1. The molecular formula is C20H14F4N4O7S2. The molecule has 196 valence electrons. The van der Waals surface area contributed by atoms with Crippen LogP contribution in [0.25, 0.3) is 0 Å². The van der Waals surface area contributed by atoms with Crippen molar-refractivity contribution in [3.05, 3.63) is 76.2 Å². The van der Waals surface area contributed by atoms with Crippen LogP contribution in [-0.2, 0) is 19.4 Å². The number of carbonyl (C=O) groups excluding carboxylic acids is 2. The highest BCUT2D eigenvalue weighted by molar-refractivity contribution is 7.93. The third-order valence-electron chi connectivity index (χ3n) is 4.73. The van der Waals surface area contributed by atoms with Gasteiger partial charge in [-0.3, -0.25) is 14.9 Å². The molecule has 0 saturated carbocycles. The van der Waals surface area contributed by atoms with Crippen molar-refractivity contribution in [3.8, 4) is 0 Å². The maximum Gasteiger partial charge on any atom is 0.442 e. The van der Waals surface area contributed by atoms with Crippen LogP contribution < -0.4 is 10.6 Å². The van der Waals surface area contributed by atoms with Crippen LogP contribution in [0.2, 0.25) is 0 Å². The summed E-state index contributed by atoms with van der Waals surface area (Å²) in [5.74, 6) is -4.22. The molecule has 0 aliphatic rings. The minimum atomic E-state index is -5.54. The first-order valence-corrected chi connectivity index (χ1v) is 12.0. The maximum absolute atomic E-state index is 14.2. The van der Waals surface area contributed by atoms with E-state index in [1.54, 1.807) is 5.32 Å². The van der Waals surface area contributed by atoms with Gasteiger partial charge >= 0.3 is 17.8 Å². The average Bonchev–Trinajstić information content (AvgIpc) is 3.32. The Hall–Kier alpha value is -4.12. The minimum Gasteiger partial charge on any atom is -0.466 e.